The highest BCUT2D eigenvalue weighted by Crippen LogP contribution is 2.27. The summed E-state index contributed by atoms with van der Waals surface area (Å²) in [4.78, 5) is 2.20. The van der Waals surface area contributed by atoms with Gasteiger partial charge in [0, 0.05) is 24.2 Å². The Morgan fingerprint density at radius 1 is 1.28 bits per heavy atom. The van der Waals surface area contributed by atoms with Gasteiger partial charge in [-0.2, -0.15) is 0 Å². The second-order valence-electron chi connectivity index (χ2n) is 5.03. The molecule has 0 fully saturated rings. The zero-order valence-corrected chi connectivity index (χ0v) is 12.2. The van der Waals surface area contributed by atoms with Crippen molar-refractivity contribution in [1.82, 2.24) is 10.2 Å². The molecule has 3 nitrogen and oxygen atoms in total. The van der Waals surface area contributed by atoms with E-state index >= 15 is 0 Å². The van der Waals surface area contributed by atoms with Gasteiger partial charge in [0.1, 0.15) is 5.75 Å². The number of hydrogen-bond acceptors (Lipinski definition) is 3. The summed E-state index contributed by atoms with van der Waals surface area (Å²) in [5.74, 6) is 0.967. The Kier molecular flexibility index (Phi) is 6.16. The zero-order chi connectivity index (χ0) is 13.5. The molecule has 2 atom stereocenters. The Morgan fingerprint density at radius 2 is 1.94 bits per heavy atom. The molecular weight excluding hydrogens is 224 g/mol. The van der Waals surface area contributed by atoms with Crippen molar-refractivity contribution in [1.29, 1.82) is 0 Å². The van der Waals surface area contributed by atoms with Gasteiger partial charge in [0.05, 0.1) is 7.11 Å². The molecule has 18 heavy (non-hydrogen) atoms. The fourth-order valence-electron chi connectivity index (χ4n) is 2.33. The van der Waals surface area contributed by atoms with Crippen LogP contribution in [0.2, 0.25) is 0 Å². The van der Waals surface area contributed by atoms with Gasteiger partial charge in [-0.3, -0.25) is 0 Å². The first-order valence-corrected chi connectivity index (χ1v) is 6.62. The van der Waals surface area contributed by atoms with Crippen LogP contribution in [0.4, 0.5) is 0 Å². The first-order valence-electron chi connectivity index (χ1n) is 6.62. The summed E-state index contributed by atoms with van der Waals surface area (Å²) in [6.07, 6.45) is 1.05. The second-order valence-corrected chi connectivity index (χ2v) is 5.03. The Morgan fingerprint density at radius 3 is 2.50 bits per heavy atom. The van der Waals surface area contributed by atoms with Crippen molar-refractivity contribution < 1.29 is 4.74 Å². The number of hydrogen-bond donors (Lipinski definition) is 1. The summed E-state index contributed by atoms with van der Waals surface area (Å²) in [5.41, 5.74) is 1.24. The molecule has 3 heteroatoms. The summed E-state index contributed by atoms with van der Waals surface area (Å²) in [6, 6.07) is 9.04. The highest BCUT2D eigenvalue weighted by Gasteiger charge is 2.16. The van der Waals surface area contributed by atoms with Crippen LogP contribution in [0.3, 0.4) is 0 Å². The van der Waals surface area contributed by atoms with Gasteiger partial charge in [0.2, 0.25) is 0 Å². The number of nitrogens with one attached hydrogen (secondary N) is 1. The number of methoxy groups -OCH3 is 1. The molecule has 0 saturated heterocycles. The SMILES string of the molecule is CCC(NC(C)CN(C)C)c1ccccc1OC. The average molecular weight is 250 g/mol. The van der Waals surface area contributed by atoms with Crippen LogP contribution in [0.5, 0.6) is 5.75 Å². The number of ether oxygens (including phenoxy) is 1. The quantitative estimate of drug-likeness (QED) is 0.805. The van der Waals surface area contributed by atoms with Crippen LogP contribution in [-0.2, 0) is 0 Å². The van der Waals surface area contributed by atoms with Gasteiger partial charge in [-0.15, -0.1) is 0 Å². The van der Waals surface area contributed by atoms with E-state index in [0.717, 1.165) is 18.7 Å². The van der Waals surface area contributed by atoms with E-state index in [2.05, 4.69) is 50.3 Å². The Labute approximate surface area is 111 Å². The number of nitrogens with zero attached hydrogens (tertiary/aromatic N) is 1. The van der Waals surface area contributed by atoms with E-state index in [1.165, 1.54) is 5.56 Å². The highest BCUT2D eigenvalue weighted by molar-refractivity contribution is 5.35. The fraction of sp³-hybridized carbons (Fsp3) is 0.600. The topological polar surface area (TPSA) is 24.5 Å². The van der Waals surface area contributed by atoms with E-state index in [-0.39, 0.29) is 0 Å². The first kappa shape index (κ1) is 15.0. The van der Waals surface area contributed by atoms with Crippen LogP contribution >= 0.6 is 0 Å². The number of benzene rings is 1. The normalized spacial score (nSPS) is 14.6. The summed E-state index contributed by atoms with van der Waals surface area (Å²) < 4.78 is 5.44. The number of para-hydroxylation sites is 1. The van der Waals surface area contributed by atoms with E-state index in [4.69, 9.17) is 4.74 Å². The monoisotopic (exact) mass is 250 g/mol. The average Bonchev–Trinajstić information content (AvgIpc) is 2.35. The van der Waals surface area contributed by atoms with E-state index in [1.807, 2.05) is 12.1 Å². The minimum absolute atomic E-state index is 0.344. The molecule has 1 aromatic carbocycles. The Bertz CT molecular complexity index is 352. The van der Waals surface area contributed by atoms with E-state index in [9.17, 15) is 0 Å². The largest absolute Gasteiger partial charge is 0.496 e. The summed E-state index contributed by atoms with van der Waals surface area (Å²) in [7, 11) is 5.93. The Hall–Kier alpha value is -1.06. The third-order valence-electron chi connectivity index (χ3n) is 3.05. The lowest BCUT2D eigenvalue weighted by atomic mass is 10.0. The lowest BCUT2D eigenvalue weighted by molar-refractivity contribution is 0.322. The molecule has 0 spiro atoms. The van der Waals surface area contributed by atoms with E-state index in [0.29, 0.717) is 12.1 Å². The molecular formula is C15H26N2O. The molecule has 0 bridgehead atoms. The molecule has 0 saturated carbocycles. The molecule has 0 amide bonds. The van der Waals surface area contributed by atoms with Crippen molar-refractivity contribution in [3.63, 3.8) is 0 Å². The van der Waals surface area contributed by atoms with E-state index < -0.39 is 0 Å². The van der Waals surface area contributed by atoms with Gasteiger partial charge in [-0.1, -0.05) is 25.1 Å². The van der Waals surface area contributed by atoms with Crippen LogP contribution < -0.4 is 10.1 Å². The standard InChI is InChI=1S/C15H26N2O/c1-6-14(16-12(2)11-17(3)4)13-9-7-8-10-15(13)18-5/h7-10,12,14,16H,6,11H2,1-5H3. The molecule has 1 aromatic rings. The van der Waals surface area contributed by atoms with Crippen LogP contribution in [0, 0.1) is 0 Å². The fourth-order valence-corrected chi connectivity index (χ4v) is 2.33. The molecule has 0 aliphatic rings. The van der Waals surface area contributed by atoms with Gasteiger partial charge < -0.3 is 15.0 Å². The molecule has 0 radical (unpaired) electrons. The lowest BCUT2D eigenvalue weighted by Crippen LogP contribution is -2.38. The predicted molar refractivity (Wildman–Crippen MR) is 77.2 cm³/mol. The van der Waals surface area contributed by atoms with Crippen molar-refractivity contribution in [2.75, 3.05) is 27.7 Å². The minimum Gasteiger partial charge on any atom is -0.496 e. The van der Waals surface area contributed by atoms with Gasteiger partial charge in [0.15, 0.2) is 0 Å². The molecule has 0 aliphatic carbocycles. The lowest BCUT2D eigenvalue weighted by Gasteiger charge is -2.26. The summed E-state index contributed by atoms with van der Waals surface area (Å²) in [6.45, 7) is 5.45. The highest BCUT2D eigenvalue weighted by atomic mass is 16.5. The maximum absolute atomic E-state index is 5.44. The van der Waals surface area contributed by atoms with Gasteiger partial charge in [-0.25, -0.2) is 0 Å². The maximum atomic E-state index is 5.44. The smallest absolute Gasteiger partial charge is 0.123 e. The predicted octanol–water partition coefficient (Wildman–Crippen LogP) is 2.69. The molecule has 0 heterocycles. The number of likely N-dealkylation sites (N-methyl/N-ethyl adjacent to an activating group) is 1. The molecule has 1 N–H and O–H groups in total. The van der Waals surface area contributed by atoms with Crippen LogP contribution in [0.25, 0.3) is 0 Å². The Balaban J connectivity index is 2.76. The van der Waals surface area contributed by atoms with Crippen molar-refractivity contribution in [2.45, 2.75) is 32.4 Å². The molecule has 0 aromatic heterocycles. The molecule has 0 aliphatic heterocycles. The summed E-state index contributed by atoms with van der Waals surface area (Å²) >= 11 is 0. The minimum atomic E-state index is 0.344. The van der Waals surface area contributed by atoms with Gasteiger partial charge >= 0.3 is 0 Å². The van der Waals surface area contributed by atoms with E-state index in [1.54, 1.807) is 7.11 Å². The zero-order valence-electron chi connectivity index (χ0n) is 12.2. The van der Waals surface area contributed by atoms with Crippen molar-refractivity contribution in [2.24, 2.45) is 0 Å². The summed E-state index contributed by atoms with van der Waals surface area (Å²) in [5, 5.41) is 3.67. The third kappa shape index (κ3) is 4.31. The van der Waals surface area contributed by atoms with Crippen molar-refractivity contribution in [3.8, 4) is 5.75 Å². The second kappa shape index (κ2) is 7.39. The van der Waals surface area contributed by atoms with Crippen molar-refractivity contribution in [3.05, 3.63) is 29.8 Å². The molecule has 2 unspecified atom stereocenters. The van der Waals surface area contributed by atoms with Crippen LogP contribution in [-0.4, -0.2) is 38.7 Å². The van der Waals surface area contributed by atoms with Crippen molar-refractivity contribution >= 4 is 0 Å². The maximum Gasteiger partial charge on any atom is 0.123 e. The van der Waals surface area contributed by atoms with Crippen LogP contribution in [0.15, 0.2) is 24.3 Å². The first-order chi connectivity index (χ1) is 8.58. The third-order valence-corrected chi connectivity index (χ3v) is 3.05. The van der Waals surface area contributed by atoms with Crippen LogP contribution in [0.1, 0.15) is 31.9 Å². The van der Waals surface area contributed by atoms with Gasteiger partial charge in [0.25, 0.3) is 0 Å². The molecule has 1 rings (SSSR count). The molecule has 102 valence electrons. The number of rotatable bonds is 7. The van der Waals surface area contributed by atoms with Gasteiger partial charge in [-0.05, 0) is 33.5 Å².